The van der Waals surface area contributed by atoms with Crippen LogP contribution in [0.15, 0.2) is 40.8 Å². The topological polar surface area (TPSA) is 97.1 Å². The van der Waals surface area contributed by atoms with Crippen LogP contribution in [-0.4, -0.2) is 43.7 Å². The smallest absolute Gasteiger partial charge is 0.340 e. The Hall–Kier alpha value is -2.91. The Morgan fingerprint density at radius 1 is 1.27 bits per heavy atom. The molecule has 30 heavy (non-hydrogen) atoms. The van der Waals surface area contributed by atoms with Gasteiger partial charge in [0.2, 0.25) is 10.0 Å². The highest BCUT2D eigenvalue weighted by Gasteiger charge is 2.35. The van der Waals surface area contributed by atoms with Crippen molar-refractivity contribution >= 4 is 27.0 Å². The van der Waals surface area contributed by atoms with Gasteiger partial charge in [0.1, 0.15) is 28.5 Å². The number of rotatable bonds is 5. The summed E-state index contributed by atoms with van der Waals surface area (Å²) in [6.07, 6.45) is 2.49. The molecule has 1 aliphatic rings. The molecule has 0 amide bonds. The zero-order valence-corrected chi connectivity index (χ0v) is 17.2. The highest BCUT2D eigenvalue weighted by molar-refractivity contribution is 7.88. The van der Waals surface area contributed by atoms with Crippen LogP contribution in [0, 0.1) is 5.82 Å². The summed E-state index contributed by atoms with van der Waals surface area (Å²) in [7, 11) is -1.97. The zero-order chi connectivity index (χ0) is 21.6. The average Bonchev–Trinajstić information content (AvgIpc) is 3.31. The van der Waals surface area contributed by atoms with Gasteiger partial charge < -0.3 is 14.3 Å². The lowest BCUT2D eigenvalue weighted by molar-refractivity contribution is 0.0699. The van der Waals surface area contributed by atoms with Crippen molar-refractivity contribution in [3.63, 3.8) is 0 Å². The van der Waals surface area contributed by atoms with Crippen LogP contribution in [0.5, 0.6) is 5.75 Å². The Balaban J connectivity index is 1.93. The van der Waals surface area contributed by atoms with Gasteiger partial charge in [-0.25, -0.2) is 17.6 Å². The summed E-state index contributed by atoms with van der Waals surface area (Å²) in [4.78, 5) is 12.0. The molecule has 158 valence electrons. The van der Waals surface area contributed by atoms with Crippen molar-refractivity contribution < 1.29 is 31.9 Å². The summed E-state index contributed by atoms with van der Waals surface area (Å²) in [6.45, 7) is 0.407. The first kappa shape index (κ1) is 20.4. The third-order valence-electron chi connectivity index (χ3n) is 5.35. The van der Waals surface area contributed by atoms with Crippen LogP contribution >= 0.6 is 0 Å². The summed E-state index contributed by atoms with van der Waals surface area (Å²) in [5.41, 5.74) is 1.27. The lowest BCUT2D eigenvalue weighted by atomic mass is 10.00. The number of carbonyl (C=O) groups is 1. The van der Waals surface area contributed by atoms with E-state index in [1.54, 1.807) is 12.1 Å². The monoisotopic (exact) mass is 433 g/mol. The first-order valence-electron chi connectivity index (χ1n) is 9.31. The number of sulfonamides is 1. The van der Waals surface area contributed by atoms with Gasteiger partial charge >= 0.3 is 5.97 Å². The molecule has 1 N–H and O–H groups in total. The number of fused-ring (bicyclic) bond motifs is 1. The minimum Gasteiger partial charge on any atom is -0.496 e. The summed E-state index contributed by atoms with van der Waals surface area (Å²) in [6, 6.07) is 8.11. The van der Waals surface area contributed by atoms with Crippen molar-refractivity contribution in [1.29, 1.82) is 0 Å². The van der Waals surface area contributed by atoms with Gasteiger partial charge in [0.05, 0.1) is 19.4 Å². The van der Waals surface area contributed by atoms with Gasteiger partial charge in [-0.2, -0.15) is 4.31 Å². The molecule has 0 aliphatic carbocycles. The third-order valence-corrected chi connectivity index (χ3v) is 6.64. The standard InChI is InChI=1S/C21H20FNO6S/c1-28-17-11-15-18(10-14(17)16-4-3-9-23(16)30(2,26)27)29-20(19(15)21(24)25)12-5-7-13(22)8-6-12/h5-8,10-11,16H,3-4,9H2,1-2H3,(H,24,25). The van der Waals surface area contributed by atoms with Crippen LogP contribution in [-0.2, 0) is 10.0 Å². The first-order chi connectivity index (χ1) is 14.2. The molecule has 9 heteroatoms. The number of benzene rings is 2. The molecule has 1 aromatic heterocycles. The lowest BCUT2D eigenvalue weighted by Crippen LogP contribution is -2.29. The van der Waals surface area contributed by atoms with E-state index in [2.05, 4.69) is 0 Å². The Morgan fingerprint density at radius 3 is 2.57 bits per heavy atom. The fourth-order valence-electron chi connectivity index (χ4n) is 4.04. The minimum atomic E-state index is -3.42. The number of nitrogens with zero attached hydrogens (tertiary/aromatic N) is 1. The number of hydrogen-bond acceptors (Lipinski definition) is 5. The molecule has 0 spiro atoms. The summed E-state index contributed by atoms with van der Waals surface area (Å²) in [5.74, 6) is -1.15. The SMILES string of the molecule is COc1cc2c(C(=O)O)c(-c3ccc(F)cc3)oc2cc1C1CCCN1S(C)(=O)=O. The number of carboxylic acid groups (broad SMARTS) is 1. The maximum Gasteiger partial charge on any atom is 0.340 e. The average molecular weight is 433 g/mol. The lowest BCUT2D eigenvalue weighted by Gasteiger charge is -2.24. The van der Waals surface area contributed by atoms with E-state index >= 15 is 0 Å². The van der Waals surface area contributed by atoms with E-state index in [4.69, 9.17) is 9.15 Å². The van der Waals surface area contributed by atoms with Crippen molar-refractivity contribution in [3.8, 4) is 17.1 Å². The highest BCUT2D eigenvalue weighted by atomic mass is 32.2. The van der Waals surface area contributed by atoms with Crippen molar-refractivity contribution in [1.82, 2.24) is 4.31 Å². The van der Waals surface area contributed by atoms with Gasteiger partial charge in [-0.3, -0.25) is 0 Å². The molecule has 1 aliphatic heterocycles. The molecule has 1 atom stereocenters. The van der Waals surface area contributed by atoms with E-state index in [9.17, 15) is 22.7 Å². The molecular formula is C21H20FNO6S. The van der Waals surface area contributed by atoms with Gasteiger partial charge in [-0.05, 0) is 49.2 Å². The van der Waals surface area contributed by atoms with Crippen molar-refractivity contribution in [3.05, 3.63) is 53.3 Å². The molecule has 1 saturated heterocycles. The second-order valence-electron chi connectivity index (χ2n) is 7.24. The van der Waals surface area contributed by atoms with Crippen LogP contribution in [0.1, 0.15) is 34.8 Å². The van der Waals surface area contributed by atoms with Gasteiger partial charge in [0, 0.05) is 23.1 Å². The maximum absolute atomic E-state index is 13.3. The molecule has 1 unspecified atom stereocenters. The largest absolute Gasteiger partial charge is 0.496 e. The Morgan fingerprint density at radius 2 is 1.97 bits per heavy atom. The molecule has 0 bridgehead atoms. The predicted molar refractivity (Wildman–Crippen MR) is 109 cm³/mol. The van der Waals surface area contributed by atoms with Gasteiger partial charge in [0.25, 0.3) is 0 Å². The van der Waals surface area contributed by atoms with E-state index in [-0.39, 0.29) is 11.3 Å². The van der Waals surface area contributed by atoms with E-state index in [1.807, 2.05) is 0 Å². The van der Waals surface area contributed by atoms with Gasteiger partial charge in [-0.1, -0.05) is 0 Å². The van der Waals surface area contributed by atoms with Crippen molar-refractivity contribution in [2.75, 3.05) is 19.9 Å². The summed E-state index contributed by atoms with van der Waals surface area (Å²) >= 11 is 0. The molecule has 1 fully saturated rings. The second-order valence-corrected chi connectivity index (χ2v) is 9.18. The number of furan rings is 1. The second kappa shape index (κ2) is 7.41. The van der Waals surface area contributed by atoms with Crippen LogP contribution in [0.25, 0.3) is 22.3 Å². The van der Waals surface area contributed by atoms with E-state index in [0.717, 1.165) is 0 Å². The number of methoxy groups -OCH3 is 1. The normalized spacial score (nSPS) is 17.5. The number of ether oxygens (including phenoxy) is 1. The Labute approximate surface area is 172 Å². The van der Waals surface area contributed by atoms with E-state index in [0.29, 0.717) is 47.2 Å². The van der Waals surface area contributed by atoms with Gasteiger partial charge in [0.15, 0.2) is 0 Å². The molecule has 7 nitrogen and oxygen atoms in total. The fraction of sp³-hybridized carbons (Fsp3) is 0.286. The number of aromatic carboxylic acids is 1. The van der Waals surface area contributed by atoms with Crippen molar-refractivity contribution in [2.45, 2.75) is 18.9 Å². The molecule has 2 heterocycles. The number of halogens is 1. The van der Waals surface area contributed by atoms with Crippen LogP contribution in [0.3, 0.4) is 0 Å². The van der Waals surface area contributed by atoms with Crippen LogP contribution in [0.4, 0.5) is 4.39 Å². The molecule has 2 aromatic carbocycles. The third kappa shape index (κ3) is 3.44. The van der Waals surface area contributed by atoms with E-state index in [1.165, 1.54) is 41.9 Å². The molecule has 0 radical (unpaired) electrons. The Bertz CT molecular complexity index is 1230. The molecule has 4 rings (SSSR count). The van der Waals surface area contributed by atoms with Crippen LogP contribution in [0.2, 0.25) is 0 Å². The van der Waals surface area contributed by atoms with E-state index < -0.39 is 27.9 Å². The molecular weight excluding hydrogens is 413 g/mol. The fourth-order valence-corrected chi connectivity index (χ4v) is 5.18. The first-order valence-corrected chi connectivity index (χ1v) is 11.2. The Kier molecular flexibility index (Phi) is 5.03. The maximum atomic E-state index is 13.3. The molecule has 3 aromatic rings. The van der Waals surface area contributed by atoms with Crippen LogP contribution < -0.4 is 4.74 Å². The van der Waals surface area contributed by atoms with Gasteiger partial charge in [-0.15, -0.1) is 0 Å². The molecule has 0 saturated carbocycles. The minimum absolute atomic E-state index is 0.0622. The number of hydrogen-bond donors (Lipinski definition) is 1. The highest BCUT2D eigenvalue weighted by Crippen LogP contribution is 2.43. The summed E-state index contributed by atoms with van der Waals surface area (Å²) in [5, 5.41) is 10.1. The quantitative estimate of drug-likeness (QED) is 0.652. The predicted octanol–water partition coefficient (Wildman–Crippen LogP) is 4.04. The van der Waals surface area contributed by atoms with Crippen molar-refractivity contribution in [2.24, 2.45) is 0 Å². The zero-order valence-electron chi connectivity index (χ0n) is 16.4. The number of carboxylic acids is 1. The summed E-state index contributed by atoms with van der Waals surface area (Å²) < 4.78 is 50.5.